The van der Waals surface area contributed by atoms with Gasteiger partial charge in [-0.3, -0.25) is 9.59 Å². The van der Waals surface area contributed by atoms with Gasteiger partial charge in [0.25, 0.3) is 0 Å². The number of likely N-dealkylation sites (tertiary alicyclic amines) is 1. The molecular formula is C18H24N2O2. The third-order valence-electron chi connectivity index (χ3n) is 4.81. The molecular weight excluding hydrogens is 276 g/mol. The van der Waals surface area contributed by atoms with Gasteiger partial charge < -0.3 is 10.2 Å². The summed E-state index contributed by atoms with van der Waals surface area (Å²) in [6.07, 6.45) is 6.78. The van der Waals surface area contributed by atoms with Crippen molar-refractivity contribution in [1.29, 1.82) is 0 Å². The van der Waals surface area contributed by atoms with Crippen molar-refractivity contribution < 1.29 is 9.59 Å². The van der Waals surface area contributed by atoms with Crippen LogP contribution in [0.15, 0.2) is 18.2 Å². The molecule has 2 amide bonds. The Morgan fingerprint density at radius 3 is 2.45 bits per heavy atom. The molecule has 3 rings (SSSR count). The molecule has 0 aromatic heterocycles. The number of aryl methyl sites for hydroxylation is 2. The summed E-state index contributed by atoms with van der Waals surface area (Å²) < 4.78 is 0. The fraction of sp³-hybridized carbons (Fsp3) is 0.556. The molecule has 2 aliphatic rings. The molecule has 1 aliphatic heterocycles. The van der Waals surface area contributed by atoms with Gasteiger partial charge in [-0.05, 0) is 62.1 Å². The van der Waals surface area contributed by atoms with E-state index >= 15 is 0 Å². The van der Waals surface area contributed by atoms with Gasteiger partial charge in [0.2, 0.25) is 0 Å². The molecule has 4 heteroatoms. The summed E-state index contributed by atoms with van der Waals surface area (Å²) in [5.74, 6) is -0.866. The topological polar surface area (TPSA) is 49.4 Å². The molecule has 1 saturated heterocycles. The van der Waals surface area contributed by atoms with Gasteiger partial charge >= 0.3 is 11.8 Å². The van der Waals surface area contributed by atoms with Crippen molar-refractivity contribution in [3.8, 4) is 0 Å². The highest BCUT2D eigenvalue weighted by Gasteiger charge is 2.25. The van der Waals surface area contributed by atoms with E-state index in [4.69, 9.17) is 0 Å². The smallest absolute Gasteiger partial charge is 0.311 e. The highest BCUT2D eigenvalue weighted by Crippen LogP contribution is 2.24. The summed E-state index contributed by atoms with van der Waals surface area (Å²) in [7, 11) is 0. The number of rotatable bonds is 2. The fourth-order valence-electron chi connectivity index (χ4n) is 3.43. The van der Waals surface area contributed by atoms with E-state index in [2.05, 4.69) is 23.5 Å². The van der Waals surface area contributed by atoms with Crippen molar-refractivity contribution in [3.05, 3.63) is 34.9 Å². The molecule has 4 nitrogen and oxygen atoms in total. The van der Waals surface area contributed by atoms with E-state index in [0.29, 0.717) is 13.1 Å². The van der Waals surface area contributed by atoms with Crippen molar-refractivity contribution in [2.24, 2.45) is 0 Å². The zero-order valence-electron chi connectivity index (χ0n) is 13.2. The predicted molar refractivity (Wildman–Crippen MR) is 85.5 cm³/mol. The largest absolute Gasteiger partial charge is 0.341 e. The van der Waals surface area contributed by atoms with Gasteiger partial charge in [0.05, 0.1) is 6.04 Å². The summed E-state index contributed by atoms with van der Waals surface area (Å²) in [6.45, 7) is 3.36. The minimum absolute atomic E-state index is 0.133. The number of carbonyl (C=O) groups is 2. The monoisotopic (exact) mass is 300 g/mol. The van der Waals surface area contributed by atoms with Gasteiger partial charge in [0, 0.05) is 13.1 Å². The molecule has 0 spiro atoms. The molecule has 1 unspecified atom stereocenters. The van der Waals surface area contributed by atoms with Crippen LogP contribution >= 0.6 is 0 Å². The van der Waals surface area contributed by atoms with E-state index < -0.39 is 5.91 Å². The summed E-state index contributed by atoms with van der Waals surface area (Å²) in [4.78, 5) is 25.8. The zero-order chi connectivity index (χ0) is 15.5. The van der Waals surface area contributed by atoms with Crippen LogP contribution in [0.1, 0.15) is 55.3 Å². The molecule has 1 atom stereocenters. The Morgan fingerprint density at radius 2 is 1.73 bits per heavy atom. The molecule has 1 aromatic rings. The highest BCUT2D eigenvalue weighted by atomic mass is 16.2. The van der Waals surface area contributed by atoms with Crippen LogP contribution in [0.2, 0.25) is 0 Å². The number of nitrogens with one attached hydrogen (secondary N) is 1. The van der Waals surface area contributed by atoms with Crippen molar-refractivity contribution in [2.45, 2.75) is 51.5 Å². The minimum atomic E-state index is -0.480. The first-order chi connectivity index (χ1) is 10.6. The van der Waals surface area contributed by atoms with E-state index in [0.717, 1.165) is 31.2 Å². The molecule has 1 aromatic carbocycles. The summed E-state index contributed by atoms with van der Waals surface area (Å²) in [5, 5.41) is 2.85. The lowest BCUT2D eigenvalue weighted by atomic mass is 9.89. The second kappa shape index (κ2) is 6.51. The Morgan fingerprint density at radius 1 is 1.05 bits per heavy atom. The maximum absolute atomic E-state index is 12.1. The first-order valence-corrected chi connectivity index (χ1v) is 8.36. The Hall–Kier alpha value is -1.84. The van der Waals surface area contributed by atoms with Crippen LogP contribution in [0.3, 0.4) is 0 Å². The molecule has 1 fully saturated rings. The lowest BCUT2D eigenvalue weighted by Crippen LogP contribution is -2.42. The van der Waals surface area contributed by atoms with E-state index in [1.165, 1.54) is 24.0 Å². The van der Waals surface area contributed by atoms with Gasteiger partial charge in [-0.1, -0.05) is 18.2 Å². The quantitative estimate of drug-likeness (QED) is 0.853. The molecule has 22 heavy (non-hydrogen) atoms. The number of amides is 2. The number of fused-ring (bicyclic) bond motifs is 1. The van der Waals surface area contributed by atoms with Crippen LogP contribution < -0.4 is 5.32 Å². The third kappa shape index (κ3) is 3.16. The summed E-state index contributed by atoms with van der Waals surface area (Å²) in [5.41, 5.74) is 3.92. The Labute approximate surface area is 131 Å². The minimum Gasteiger partial charge on any atom is -0.341 e. The highest BCUT2D eigenvalue weighted by molar-refractivity contribution is 6.35. The molecule has 1 aliphatic carbocycles. The number of nitrogens with zero attached hydrogens (tertiary/aromatic N) is 1. The SMILES string of the molecule is CC(NC(=O)C(=O)N1CCCC1)c1ccc2c(c1)CCCC2. The van der Waals surface area contributed by atoms with E-state index in [1.54, 1.807) is 4.90 Å². The molecule has 1 heterocycles. The normalized spacial score (nSPS) is 18.7. The van der Waals surface area contributed by atoms with Crippen LogP contribution in [-0.2, 0) is 22.4 Å². The maximum Gasteiger partial charge on any atom is 0.311 e. The van der Waals surface area contributed by atoms with Gasteiger partial charge in [0.15, 0.2) is 0 Å². The Bertz CT molecular complexity index is 576. The summed E-state index contributed by atoms with van der Waals surface area (Å²) in [6, 6.07) is 6.32. The van der Waals surface area contributed by atoms with Gasteiger partial charge in [0.1, 0.15) is 0 Å². The number of hydrogen-bond donors (Lipinski definition) is 1. The lowest BCUT2D eigenvalue weighted by Gasteiger charge is -2.21. The average molecular weight is 300 g/mol. The van der Waals surface area contributed by atoms with E-state index in [-0.39, 0.29) is 11.9 Å². The Kier molecular flexibility index (Phi) is 4.46. The molecule has 0 radical (unpaired) electrons. The zero-order valence-corrected chi connectivity index (χ0v) is 13.2. The molecule has 0 saturated carbocycles. The van der Waals surface area contributed by atoms with Crippen LogP contribution in [0.4, 0.5) is 0 Å². The maximum atomic E-state index is 12.1. The third-order valence-corrected chi connectivity index (χ3v) is 4.81. The van der Waals surface area contributed by atoms with Crippen molar-refractivity contribution >= 4 is 11.8 Å². The van der Waals surface area contributed by atoms with E-state index in [1.807, 2.05) is 6.92 Å². The molecule has 1 N–H and O–H groups in total. The first kappa shape index (κ1) is 15.1. The van der Waals surface area contributed by atoms with Crippen molar-refractivity contribution in [3.63, 3.8) is 0 Å². The van der Waals surface area contributed by atoms with Crippen LogP contribution in [0.25, 0.3) is 0 Å². The van der Waals surface area contributed by atoms with Crippen LogP contribution in [0, 0.1) is 0 Å². The van der Waals surface area contributed by atoms with Crippen molar-refractivity contribution in [2.75, 3.05) is 13.1 Å². The number of carbonyl (C=O) groups excluding carboxylic acids is 2. The Balaban J connectivity index is 1.64. The lowest BCUT2D eigenvalue weighted by molar-refractivity contribution is -0.145. The van der Waals surface area contributed by atoms with E-state index in [9.17, 15) is 9.59 Å². The van der Waals surface area contributed by atoms with Crippen LogP contribution in [0.5, 0.6) is 0 Å². The first-order valence-electron chi connectivity index (χ1n) is 8.36. The van der Waals surface area contributed by atoms with Gasteiger partial charge in [-0.2, -0.15) is 0 Å². The average Bonchev–Trinajstić information content (AvgIpc) is 3.08. The predicted octanol–water partition coefficient (Wildman–Crippen LogP) is 2.37. The van der Waals surface area contributed by atoms with Crippen LogP contribution in [-0.4, -0.2) is 29.8 Å². The van der Waals surface area contributed by atoms with Crippen molar-refractivity contribution in [1.82, 2.24) is 10.2 Å². The number of benzene rings is 1. The second-order valence-electron chi connectivity index (χ2n) is 6.43. The number of hydrogen-bond acceptors (Lipinski definition) is 2. The second-order valence-corrected chi connectivity index (χ2v) is 6.43. The summed E-state index contributed by atoms with van der Waals surface area (Å²) >= 11 is 0. The van der Waals surface area contributed by atoms with Gasteiger partial charge in [-0.15, -0.1) is 0 Å². The molecule has 118 valence electrons. The van der Waals surface area contributed by atoms with Gasteiger partial charge in [-0.25, -0.2) is 0 Å². The standard InChI is InChI=1S/C18H24N2O2/c1-13(19-17(21)18(22)20-10-4-5-11-20)15-9-8-14-6-2-3-7-16(14)12-15/h8-9,12-13H,2-7,10-11H2,1H3,(H,19,21). The fourth-order valence-corrected chi connectivity index (χ4v) is 3.43. The molecule has 0 bridgehead atoms.